The number of hydrogen-bond donors (Lipinski definition) is 1. The molecule has 2 rings (SSSR count). The Morgan fingerprint density at radius 2 is 2.12 bits per heavy atom. The topological polar surface area (TPSA) is 24.5 Å². The van der Waals surface area contributed by atoms with Crippen molar-refractivity contribution in [3.05, 3.63) is 24.3 Å². The third kappa shape index (κ3) is 2.30. The number of methoxy groups -OCH3 is 1. The van der Waals surface area contributed by atoms with Crippen molar-refractivity contribution in [1.82, 2.24) is 0 Å². The fourth-order valence-corrected chi connectivity index (χ4v) is 2.36. The van der Waals surface area contributed by atoms with E-state index < -0.39 is 0 Å². The van der Waals surface area contributed by atoms with Crippen LogP contribution in [-0.2, 0) is 4.74 Å². The van der Waals surface area contributed by atoms with Gasteiger partial charge in [-0.15, -0.1) is 0 Å². The molecule has 1 N–H and O–H groups in total. The van der Waals surface area contributed by atoms with Gasteiger partial charge in [-0.25, -0.2) is 0 Å². The molecule has 1 saturated heterocycles. The van der Waals surface area contributed by atoms with Crippen LogP contribution in [0.15, 0.2) is 24.3 Å². The van der Waals surface area contributed by atoms with Crippen molar-refractivity contribution in [3.63, 3.8) is 0 Å². The quantitative estimate of drug-likeness (QED) is 0.843. The molecule has 0 radical (unpaired) electrons. The van der Waals surface area contributed by atoms with Crippen molar-refractivity contribution in [2.24, 2.45) is 0 Å². The first-order valence-electron chi connectivity index (χ1n) is 5.88. The maximum atomic E-state index is 5.27. The van der Waals surface area contributed by atoms with E-state index in [2.05, 4.69) is 34.5 Å². The first-order valence-corrected chi connectivity index (χ1v) is 5.88. The molecule has 1 atom stereocenters. The monoisotopic (exact) mass is 220 g/mol. The van der Waals surface area contributed by atoms with Crippen molar-refractivity contribution < 1.29 is 4.74 Å². The molecule has 0 saturated carbocycles. The van der Waals surface area contributed by atoms with Gasteiger partial charge in [0.1, 0.15) is 0 Å². The zero-order valence-corrected chi connectivity index (χ0v) is 10.1. The maximum absolute atomic E-state index is 5.27. The van der Waals surface area contributed by atoms with E-state index in [0.29, 0.717) is 6.04 Å². The number of nitrogens with one attached hydrogen (secondary N) is 1. The zero-order chi connectivity index (χ0) is 11.4. The summed E-state index contributed by atoms with van der Waals surface area (Å²) in [5.74, 6) is 0. The molecular weight excluding hydrogens is 200 g/mol. The molecule has 1 aliphatic rings. The highest BCUT2D eigenvalue weighted by atomic mass is 16.5. The van der Waals surface area contributed by atoms with Crippen LogP contribution >= 0.6 is 0 Å². The first kappa shape index (κ1) is 11.3. The molecule has 88 valence electrons. The Labute approximate surface area is 97.4 Å². The molecule has 1 fully saturated rings. The summed E-state index contributed by atoms with van der Waals surface area (Å²) in [6.45, 7) is 1.97. The number of ether oxygens (including phenoxy) is 1. The van der Waals surface area contributed by atoms with Gasteiger partial charge in [-0.3, -0.25) is 0 Å². The van der Waals surface area contributed by atoms with Crippen LogP contribution in [0.25, 0.3) is 0 Å². The molecule has 1 heterocycles. The van der Waals surface area contributed by atoms with Crippen LogP contribution in [0.4, 0.5) is 11.4 Å². The Hall–Kier alpha value is -1.22. The van der Waals surface area contributed by atoms with Crippen molar-refractivity contribution in [2.75, 3.05) is 37.5 Å². The second kappa shape index (κ2) is 5.21. The second-order valence-corrected chi connectivity index (χ2v) is 4.24. The summed E-state index contributed by atoms with van der Waals surface area (Å²) >= 11 is 0. The van der Waals surface area contributed by atoms with Crippen molar-refractivity contribution >= 4 is 11.4 Å². The summed E-state index contributed by atoms with van der Waals surface area (Å²) in [5.41, 5.74) is 2.46. The van der Waals surface area contributed by atoms with Crippen LogP contribution in [0, 0.1) is 0 Å². The lowest BCUT2D eigenvalue weighted by Gasteiger charge is -2.26. The van der Waals surface area contributed by atoms with Gasteiger partial charge in [-0.05, 0) is 37.1 Å². The van der Waals surface area contributed by atoms with E-state index in [4.69, 9.17) is 4.74 Å². The maximum Gasteiger partial charge on any atom is 0.0666 e. The summed E-state index contributed by atoms with van der Waals surface area (Å²) < 4.78 is 5.27. The highest BCUT2D eigenvalue weighted by Crippen LogP contribution is 2.26. The smallest absolute Gasteiger partial charge is 0.0666 e. The van der Waals surface area contributed by atoms with E-state index in [9.17, 15) is 0 Å². The van der Waals surface area contributed by atoms with E-state index in [-0.39, 0.29) is 0 Å². The minimum Gasteiger partial charge on any atom is -0.388 e. The number of rotatable bonds is 4. The summed E-state index contributed by atoms with van der Waals surface area (Å²) in [6.07, 6.45) is 2.50. The number of benzene rings is 1. The van der Waals surface area contributed by atoms with E-state index >= 15 is 0 Å². The predicted octanol–water partition coefficient (Wildman–Crippen LogP) is 2.34. The highest BCUT2D eigenvalue weighted by Gasteiger charge is 2.24. The summed E-state index contributed by atoms with van der Waals surface area (Å²) in [7, 11) is 3.72. The standard InChI is InChI=1S/C13H20N2O/c1-14-11-5-7-12(8-6-11)15-9-3-4-13(15)10-16-2/h5-8,13-14H,3-4,9-10H2,1-2H3. The fourth-order valence-electron chi connectivity index (χ4n) is 2.36. The number of anilines is 2. The molecule has 3 nitrogen and oxygen atoms in total. The Morgan fingerprint density at radius 3 is 2.75 bits per heavy atom. The lowest BCUT2D eigenvalue weighted by atomic mass is 10.2. The fraction of sp³-hybridized carbons (Fsp3) is 0.538. The molecule has 1 aromatic carbocycles. The van der Waals surface area contributed by atoms with Gasteiger partial charge < -0.3 is 15.0 Å². The van der Waals surface area contributed by atoms with Crippen LogP contribution in [0.3, 0.4) is 0 Å². The van der Waals surface area contributed by atoms with Crippen LogP contribution in [0.5, 0.6) is 0 Å². The van der Waals surface area contributed by atoms with Crippen molar-refractivity contribution in [2.45, 2.75) is 18.9 Å². The summed E-state index contributed by atoms with van der Waals surface area (Å²) in [5, 5.41) is 3.14. The molecule has 0 spiro atoms. The molecule has 1 aliphatic heterocycles. The van der Waals surface area contributed by atoms with Gasteiger partial charge in [-0.2, -0.15) is 0 Å². The van der Waals surface area contributed by atoms with Crippen LogP contribution < -0.4 is 10.2 Å². The molecule has 3 heteroatoms. The van der Waals surface area contributed by atoms with Crippen molar-refractivity contribution in [3.8, 4) is 0 Å². The van der Waals surface area contributed by atoms with E-state index in [0.717, 1.165) is 18.8 Å². The minimum atomic E-state index is 0.547. The molecule has 0 bridgehead atoms. The van der Waals surface area contributed by atoms with Gasteiger partial charge in [0.15, 0.2) is 0 Å². The SMILES string of the molecule is CNc1ccc(N2CCCC2COC)cc1. The van der Waals surface area contributed by atoms with Gasteiger partial charge >= 0.3 is 0 Å². The highest BCUT2D eigenvalue weighted by molar-refractivity contribution is 5.55. The van der Waals surface area contributed by atoms with E-state index in [1.54, 1.807) is 7.11 Å². The van der Waals surface area contributed by atoms with Gasteiger partial charge in [0.25, 0.3) is 0 Å². The Morgan fingerprint density at radius 1 is 1.38 bits per heavy atom. The van der Waals surface area contributed by atoms with Crippen LogP contribution in [-0.4, -0.2) is 33.4 Å². The molecule has 1 unspecified atom stereocenters. The van der Waals surface area contributed by atoms with Crippen molar-refractivity contribution in [1.29, 1.82) is 0 Å². The lowest BCUT2D eigenvalue weighted by Crippen LogP contribution is -2.32. The average molecular weight is 220 g/mol. The van der Waals surface area contributed by atoms with Gasteiger partial charge in [-0.1, -0.05) is 0 Å². The zero-order valence-electron chi connectivity index (χ0n) is 10.1. The Kier molecular flexibility index (Phi) is 3.67. The molecule has 0 amide bonds. The lowest BCUT2D eigenvalue weighted by molar-refractivity contribution is 0.181. The van der Waals surface area contributed by atoms with E-state index in [1.807, 2.05) is 7.05 Å². The van der Waals surface area contributed by atoms with Crippen LogP contribution in [0.1, 0.15) is 12.8 Å². The first-order chi connectivity index (χ1) is 7.85. The average Bonchev–Trinajstić information content (AvgIpc) is 2.78. The predicted molar refractivity (Wildman–Crippen MR) is 68.2 cm³/mol. The molecule has 16 heavy (non-hydrogen) atoms. The summed E-state index contributed by atoms with van der Waals surface area (Å²) in [4.78, 5) is 2.45. The third-order valence-electron chi connectivity index (χ3n) is 3.22. The second-order valence-electron chi connectivity index (χ2n) is 4.24. The minimum absolute atomic E-state index is 0.547. The normalized spacial score (nSPS) is 20.1. The van der Waals surface area contributed by atoms with Gasteiger partial charge in [0.05, 0.1) is 12.6 Å². The third-order valence-corrected chi connectivity index (χ3v) is 3.22. The largest absolute Gasteiger partial charge is 0.388 e. The number of nitrogens with zero attached hydrogens (tertiary/aromatic N) is 1. The Balaban J connectivity index is 2.09. The number of hydrogen-bond acceptors (Lipinski definition) is 3. The van der Waals surface area contributed by atoms with Gasteiger partial charge in [0, 0.05) is 32.1 Å². The van der Waals surface area contributed by atoms with E-state index in [1.165, 1.54) is 18.5 Å². The molecule has 0 aliphatic carbocycles. The molecule has 1 aromatic rings. The molecular formula is C13H20N2O. The van der Waals surface area contributed by atoms with Gasteiger partial charge in [0.2, 0.25) is 0 Å². The molecule has 0 aromatic heterocycles. The Bertz CT molecular complexity index is 323. The summed E-state index contributed by atoms with van der Waals surface area (Å²) in [6, 6.07) is 9.15. The van der Waals surface area contributed by atoms with Crippen LogP contribution in [0.2, 0.25) is 0 Å².